The lowest BCUT2D eigenvalue weighted by Crippen LogP contribution is -2.40. The molecule has 0 aliphatic carbocycles. The molecule has 1 N–H and O–H groups in total. The summed E-state index contributed by atoms with van der Waals surface area (Å²) in [5.74, 6) is -0.302. The van der Waals surface area contributed by atoms with E-state index in [1.54, 1.807) is 37.4 Å². The molecule has 1 amide bonds. The van der Waals surface area contributed by atoms with Gasteiger partial charge in [-0.1, -0.05) is 24.3 Å². The van der Waals surface area contributed by atoms with Gasteiger partial charge in [0, 0.05) is 26.7 Å². The lowest BCUT2D eigenvalue weighted by molar-refractivity contribution is -0.121. The molecular formula is C21H24N4O5S. The van der Waals surface area contributed by atoms with Crippen molar-refractivity contribution in [2.75, 3.05) is 26.3 Å². The second-order valence-corrected chi connectivity index (χ2v) is 9.29. The van der Waals surface area contributed by atoms with Crippen molar-refractivity contribution in [2.45, 2.75) is 18.0 Å². The Hall–Kier alpha value is -2.95. The van der Waals surface area contributed by atoms with Crippen molar-refractivity contribution >= 4 is 27.0 Å². The Labute approximate surface area is 179 Å². The third-order valence-corrected chi connectivity index (χ3v) is 7.29. The largest absolute Gasteiger partial charge is 0.379 e. The van der Waals surface area contributed by atoms with Gasteiger partial charge in [-0.15, -0.1) is 0 Å². The molecular weight excluding hydrogens is 420 g/mol. The molecule has 0 unspecified atom stereocenters. The number of carbonyl (C=O) groups is 1. The Morgan fingerprint density at radius 2 is 1.68 bits per heavy atom. The molecule has 4 rings (SSSR count). The van der Waals surface area contributed by atoms with Crippen molar-refractivity contribution in [2.24, 2.45) is 7.05 Å². The Morgan fingerprint density at radius 1 is 1.03 bits per heavy atom. The second kappa shape index (κ2) is 8.66. The van der Waals surface area contributed by atoms with E-state index in [0.717, 1.165) is 11.1 Å². The number of hydrogen-bond donors (Lipinski definition) is 1. The van der Waals surface area contributed by atoms with Gasteiger partial charge >= 0.3 is 5.69 Å². The van der Waals surface area contributed by atoms with Crippen LogP contribution in [0.4, 0.5) is 0 Å². The number of amides is 1. The molecule has 31 heavy (non-hydrogen) atoms. The van der Waals surface area contributed by atoms with E-state index in [0.29, 0.717) is 31.8 Å². The van der Waals surface area contributed by atoms with Crippen LogP contribution in [0.25, 0.3) is 11.0 Å². The molecule has 10 heteroatoms. The normalized spacial score (nSPS) is 15.3. The molecule has 1 fully saturated rings. The SMILES string of the molecule is Cn1c(=O)n(CC(=O)NCc2ccc(S(=O)(=O)N3CCOCC3)cc2)c2ccccc21. The van der Waals surface area contributed by atoms with Crippen LogP contribution in [-0.2, 0) is 39.7 Å². The summed E-state index contributed by atoms with van der Waals surface area (Å²) >= 11 is 0. The van der Waals surface area contributed by atoms with Crippen molar-refractivity contribution in [3.05, 3.63) is 64.6 Å². The van der Waals surface area contributed by atoms with Gasteiger partial charge in [-0.05, 0) is 29.8 Å². The second-order valence-electron chi connectivity index (χ2n) is 7.35. The Balaban J connectivity index is 1.40. The van der Waals surface area contributed by atoms with Gasteiger partial charge in [0.15, 0.2) is 0 Å². The number of aromatic nitrogens is 2. The van der Waals surface area contributed by atoms with Gasteiger partial charge in [-0.3, -0.25) is 13.9 Å². The van der Waals surface area contributed by atoms with Crippen LogP contribution in [-0.4, -0.2) is 54.1 Å². The van der Waals surface area contributed by atoms with Crippen molar-refractivity contribution < 1.29 is 17.9 Å². The number of sulfonamides is 1. The fourth-order valence-electron chi connectivity index (χ4n) is 3.63. The van der Waals surface area contributed by atoms with Gasteiger partial charge in [0.2, 0.25) is 15.9 Å². The quantitative estimate of drug-likeness (QED) is 0.602. The topological polar surface area (TPSA) is 103 Å². The standard InChI is InChI=1S/C21H24N4O5S/c1-23-18-4-2-3-5-19(18)25(21(23)27)15-20(26)22-14-16-6-8-17(9-7-16)31(28,29)24-10-12-30-13-11-24/h2-9H,10-15H2,1H3,(H,22,26). The van der Waals surface area contributed by atoms with Gasteiger partial charge in [-0.2, -0.15) is 4.31 Å². The minimum Gasteiger partial charge on any atom is -0.379 e. The number of fused-ring (bicyclic) bond motifs is 1. The number of benzene rings is 2. The molecule has 0 atom stereocenters. The smallest absolute Gasteiger partial charge is 0.329 e. The average molecular weight is 445 g/mol. The molecule has 1 saturated heterocycles. The summed E-state index contributed by atoms with van der Waals surface area (Å²) in [7, 11) is -1.88. The van der Waals surface area contributed by atoms with Crippen molar-refractivity contribution in [3.63, 3.8) is 0 Å². The Kier molecular flexibility index (Phi) is 5.94. The molecule has 0 saturated carbocycles. The lowest BCUT2D eigenvalue weighted by atomic mass is 10.2. The van der Waals surface area contributed by atoms with Crippen LogP contribution in [0, 0.1) is 0 Å². The first-order chi connectivity index (χ1) is 14.9. The number of nitrogens with zero attached hydrogens (tertiary/aromatic N) is 3. The summed E-state index contributed by atoms with van der Waals surface area (Å²) in [4.78, 5) is 25.1. The predicted molar refractivity (Wildman–Crippen MR) is 115 cm³/mol. The zero-order valence-electron chi connectivity index (χ0n) is 17.2. The van der Waals surface area contributed by atoms with E-state index in [2.05, 4.69) is 5.32 Å². The molecule has 1 aliphatic heterocycles. The summed E-state index contributed by atoms with van der Waals surface area (Å²) in [5, 5.41) is 2.79. The van der Waals surface area contributed by atoms with E-state index >= 15 is 0 Å². The van der Waals surface area contributed by atoms with Gasteiger partial charge in [0.25, 0.3) is 0 Å². The Morgan fingerprint density at radius 3 is 2.35 bits per heavy atom. The molecule has 9 nitrogen and oxygen atoms in total. The van der Waals surface area contributed by atoms with Crippen molar-refractivity contribution in [3.8, 4) is 0 Å². The van der Waals surface area contributed by atoms with E-state index in [-0.39, 0.29) is 29.6 Å². The van der Waals surface area contributed by atoms with E-state index in [4.69, 9.17) is 4.74 Å². The number of rotatable bonds is 6. The third kappa shape index (κ3) is 4.27. The first-order valence-corrected chi connectivity index (χ1v) is 11.4. The number of nitrogens with one attached hydrogen (secondary N) is 1. The van der Waals surface area contributed by atoms with Gasteiger partial charge in [0.1, 0.15) is 6.54 Å². The molecule has 164 valence electrons. The molecule has 3 aromatic rings. The first-order valence-electron chi connectivity index (χ1n) is 9.96. The highest BCUT2D eigenvalue weighted by molar-refractivity contribution is 7.89. The van der Waals surface area contributed by atoms with Crippen LogP contribution in [0.15, 0.2) is 58.2 Å². The number of aryl methyl sites for hydroxylation is 1. The van der Waals surface area contributed by atoms with Crippen molar-refractivity contribution in [1.29, 1.82) is 0 Å². The zero-order chi connectivity index (χ0) is 22.0. The van der Waals surface area contributed by atoms with Gasteiger partial charge in [0.05, 0.1) is 29.1 Å². The summed E-state index contributed by atoms with van der Waals surface area (Å²) in [6.45, 7) is 1.60. The Bertz CT molecular complexity index is 1260. The van der Waals surface area contributed by atoms with E-state index in [1.165, 1.54) is 13.4 Å². The number of ether oxygens (including phenoxy) is 1. The first kappa shape index (κ1) is 21.3. The molecule has 0 spiro atoms. The van der Waals surface area contributed by atoms with Crippen LogP contribution in [0.1, 0.15) is 5.56 Å². The van der Waals surface area contributed by atoms with E-state index in [1.807, 2.05) is 18.2 Å². The fourth-order valence-corrected chi connectivity index (χ4v) is 5.04. The predicted octanol–water partition coefficient (Wildman–Crippen LogP) is 0.677. The van der Waals surface area contributed by atoms with E-state index < -0.39 is 10.0 Å². The number of morpholine rings is 1. The molecule has 2 heterocycles. The zero-order valence-corrected chi connectivity index (χ0v) is 18.0. The lowest BCUT2D eigenvalue weighted by Gasteiger charge is -2.26. The van der Waals surface area contributed by atoms with Crippen LogP contribution >= 0.6 is 0 Å². The van der Waals surface area contributed by atoms with Crippen LogP contribution in [0.5, 0.6) is 0 Å². The van der Waals surface area contributed by atoms with Crippen molar-refractivity contribution in [1.82, 2.24) is 18.8 Å². The monoisotopic (exact) mass is 444 g/mol. The number of imidazole rings is 1. The van der Waals surface area contributed by atoms with Gasteiger partial charge < -0.3 is 10.1 Å². The minimum atomic E-state index is -3.55. The number of carbonyl (C=O) groups excluding carboxylic acids is 1. The average Bonchev–Trinajstić information content (AvgIpc) is 3.03. The third-order valence-electron chi connectivity index (χ3n) is 5.37. The van der Waals surface area contributed by atoms with E-state index in [9.17, 15) is 18.0 Å². The van der Waals surface area contributed by atoms with Crippen LogP contribution in [0.3, 0.4) is 0 Å². The maximum Gasteiger partial charge on any atom is 0.329 e. The summed E-state index contributed by atoms with van der Waals surface area (Å²) in [5.41, 5.74) is 1.97. The summed E-state index contributed by atoms with van der Waals surface area (Å²) < 4.78 is 34.9. The maximum atomic E-state index is 12.7. The van der Waals surface area contributed by atoms with Gasteiger partial charge in [-0.25, -0.2) is 13.2 Å². The highest BCUT2D eigenvalue weighted by atomic mass is 32.2. The molecule has 1 aliphatic rings. The highest BCUT2D eigenvalue weighted by Gasteiger charge is 2.26. The van der Waals surface area contributed by atoms with Crippen LogP contribution < -0.4 is 11.0 Å². The number of hydrogen-bond acceptors (Lipinski definition) is 5. The molecule has 1 aromatic heterocycles. The molecule has 0 bridgehead atoms. The minimum absolute atomic E-state index is 0.0936. The summed E-state index contributed by atoms with van der Waals surface area (Å²) in [6.07, 6.45) is 0. The molecule has 0 radical (unpaired) electrons. The molecule has 2 aromatic carbocycles. The fraction of sp³-hybridized carbons (Fsp3) is 0.333. The summed E-state index contributed by atoms with van der Waals surface area (Å²) in [6, 6.07) is 13.7. The maximum absolute atomic E-state index is 12.7. The highest BCUT2D eigenvalue weighted by Crippen LogP contribution is 2.18. The van der Waals surface area contributed by atoms with Crippen LogP contribution in [0.2, 0.25) is 0 Å². The number of para-hydroxylation sites is 2.